The molecule has 0 radical (unpaired) electrons. The van der Waals surface area contributed by atoms with Crippen LogP contribution in [-0.2, 0) is 17.1 Å². The lowest BCUT2D eigenvalue weighted by Crippen LogP contribution is -2.12. The van der Waals surface area contributed by atoms with Crippen LogP contribution < -0.4 is 5.73 Å². The summed E-state index contributed by atoms with van der Waals surface area (Å²) in [6.07, 6.45) is 0.797. The van der Waals surface area contributed by atoms with Crippen LogP contribution in [0.3, 0.4) is 0 Å². The minimum Gasteiger partial charge on any atom is -0.330 e. The summed E-state index contributed by atoms with van der Waals surface area (Å²) in [7, 11) is 1.36. The zero-order valence-electron chi connectivity index (χ0n) is 10.2. The van der Waals surface area contributed by atoms with E-state index < -0.39 is 0 Å². The molecule has 0 atom stereocenters. The molecule has 0 aliphatic carbocycles. The van der Waals surface area contributed by atoms with Gasteiger partial charge in [-0.3, -0.25) is 0 Å². The third-order valence-corrected chi connectivity index (χ3v) is 3.81. The minimum absolute atomic E-state index is 0.615. The SMILES string of the molecule is Cc1ccc2c(c1)nc(CCN)n2CCOSI. The zero-order chi connectivity index (χ0) is 13.0. The molecule has 1 heterocycles. The molecule has 0 saturated carbocycles. The van der Waals surface area contributed by atoms with Crippen LogP contribution in [0.25, 0.3) is 11.0 Å². The number of rotatable bonds is 6. The Morgan fingerprint density at radius 2 is 2.33 bits per heavy atom. The van der Waals surface area contributed by atoms with Gasteiger partial charge in [0.05, 0.1) is 26.9 Å². The van der Waals surface area contributed by atoms with Gasteiger partial charge in [-0.25, -0.2) is 4.98 Å². The lowest BCUT2D eigenvalue weighted by atomic mass is 10.2. The first-order chi connectivity index (χ1) is 8.76. The van der Waals surface area contributed by atoms with Crippen molar-refractivity contribution in [3.8, 4) is 0 Å². The molecule has 98 valence electrons. The highest BCUT2D eigenvalue weighted by molar-refractivity contribution is 14.2. The Balaban J connectivity index is 2.35. The smallest absolute Gasteiger partial charge is 0.111 e. The number of nitrogens with zero attached hydrogens (tertiary/aromatic N) is 2. The van der Waals surface area contributed by atoms with Crippen molar-refractivity contribution in [3.63, 3.8) is 0 Å². The molecule has 0 aliphatic rings. The second kappa shape index (κ2) is 6.74. The maximum Gasteiger partial charge on any atom is 0.111 e. The van der Waals surface area contributed by atoms with E-state index in [1.165, 1.54) is 14.8 Å². The lowest BCUT2D eigenvalue weighted by molar-refractivity contribution is 0.353. The molecule has 4 nitrogen and oxygen atoms in total. The van der Waals surface area contributed by atoms with E-state index in [4.69, 9.17) is 9.92 Å². The van der Waals surface area contributed by atoms with Crippen LogP contribution in [0.5, 0.6) is 0 Å². The average Bonchev–Trinajstić information content (AvgIpc) is 2.67. The average molecular weight is 377 g/mol. The highest BCUT2D eigenvalue weighted by Gasteiger charge is 2.10. The minimum atomic E-state index is 0.615. The van der Waals surface area contributed by atoms with Crippen molar-refractivity contribution < 1.29 is 4.18 Å². The Kier molecular flexibility index (Phi) is 5.28. The van der Waals surface area contributed by atoms with Crippen LogP contribution in [0.2, 0.25) is 0 Å². The van der Waals surface area contributed by atoms with E-state index in [2.05, 4.69) is 55.9 Å². The number of imidazole rings is 1. The second-order valence-corrected chi connectivity index (χ2v) is 5.54. The fraction of sp³-hybridized carbons (Fsp3) is 0.417. The van der Waals surface area contributed by atoms with Gasteiger partial charge in [0.25, 0.3) is 0 Å². The fourth-order valence-corrected chi connectivity index (χ4v) is 2.70. The maximum absolute atomic E-state index is 5.65. The van der Waals surface area contributed by atoms with Gasteiger partial charge in [0.2, 0.25) is 0 Å². The molecule has 1 aromatic carbocycles. The highest BCUT2D eigenvalue weighted by Crippen LogP contribution is 2.19. The molecular formula is C12H16IN3OS. The number of aryl methyl sites for hydroxylation is 1. The van der Waals surface area contributed by atoms with Crippen molar-refractivity contribution in [2.24, 2.45) is 5.73 Å². The summed E-state index contributed by atoms with van der Waals surface area (Å²) in [5, 5.41) is 0. The van der Waals surface area contributed by atoms with Crippen LogP contribution in [-0.4, -0.2) is 22.7 Å². The van der Waals surface area contributed by atoms with Crippen LogP contribution in [0.4, 0.5) is 0 Å². The monoisotopic (exact) mass is 377 g/mol. The van der Waals surface area contributed by atoms with Crippen molar-refractivity contribution >= 4 is 41.5 Å². The third-order valence-electron chi connectivity index (χ3n) is 2.79. The molecule has 2 rings (SSSR count). The summed E-state index contributed by atoms with van der Waals surface area (Å²) in [5.74, 6) is 1.04. The summed E-state index contributed by atoms with van der Waals surface area (Å²) < 4.78 is 7.54. The van der Waals surface area contributed by atoms with Crippen LogP contribution >= 0.6 is 30.4 Å². The molecule has 0 spiro atoms. The van der Waals surface area contributed by atoms with Gasteiger partial charge in [-0.2, -0.15) is 0 Å². The Morgan fingerprint density at radius 1 is 1.50 bits per heavy atom. The Hall–Kier alpha value is -0.310. The van der Waals surface area contributed by atoms with Gasteiger partial charge in [0.1, 0.15) is 5.82 Å². The van der Waals surface area contributed by atoms with E-state index in [9.17, 15) is 0 Å². The van der Waals surface area contributed by atoms with E-state index in [-0.39, 0.29) is 0 Å². The predicted octanol–water partition coefficient (Wildman–Crippen LogP) is 2.86. The summed E-state index contributed by atoms with van der Waals surface area (Å²) in [6.45, 7) is 4.18. The molecule has 1 aromatic heterocycles. The number of nitrogens with two attached hydrogens (primary N) is 1. The number of hydrogen-bond donors (Lipinski definition) is 1. The van der Waals surface area contributed by atoms with Gasteiger partial charge in [0.15, 0.2) is 0 Å². The van der Waals surface area contributed by atoms with Crippen molar-refractivity contribution in [1.82, 2.24) is 9.55 Å². The van der Waals surface area contributed by atoms with E-state index in [1.807, 2.05) is 0 Å². The van der Waals surface area contributed by atoms with Gasteiger partial charge >= 0.3 is 0 Å². The lowest BCUT2D eigenvalue weighted by Gasteiger charge is -2.07. The zero-order valence-corrected chi connectivity index (χ0v) is 13.2. The summed E-state index contributed by atoms with van der Waals surface area (Å²) in [4.78, 5) is 4.66. The van der Waals surface area contributed by atoms with Gasteiger partial charge < -0.3 is 14.5 Å². The van der Waals surface area contributed by atoms with E-state index in [0.717, 1.165) is 29.8 Å². The molecule has 2 aromatic rings. The molecule has 0 unspecified atom stereocenters. The van der Waals surface area contributed by atoms with E-state index in [0.29, 0.717) is 13.2 Å². The largest absolute Gasteiger partial charge is 0.330 e. The van der Waals surface area contributed by atoms with Gasteiger partial charge in [-0.1, -0.05) is 6.07 Å². The summed E-state index contributed by atoms with van der Waals surface area (Å²) >= 11 is 2.13. The Morgan fingerprint density at radius 3 is 3.06 bits per heavy atom. The highest BCUT2D eigenvalue weighted by atomic mass is 127. The van der Waals surface area contributed by atoms with E-state index in [1.54, 1.807) is 0 Å². The van der Waals surface area contributed by atoms with Crippen molar-refractivity contribution in [3.05, 3.63) is 29.6 Å². The molecule has 0 amide bonds. The molecule has 18 heavy (non-hydrogen) atoms. The number of hydrogen-bond acceptors (Lipinski definition) is 4. The Bertz CT molecular complexity index is 529. The second-order valence-electron chi connectivity index (χ2n) is 4.10. The number of aromatic nitrogens is 2. The van der Waals surface area contributed by atoms with Gasteiger partial charge in [0, 0.05) is 34.2 Å². The van der Waals surface area contributed by atoms with Gasteiger partial charge in [-0.15, -0.1) is 0 Å². The summed E-state index contributed by atoms with van der Waals surface area (Å²) in [6, 6.07) is 6.34. The topological polar surface area (TPSA) is 53.1 Å². The molecule has 6 heteroatoms. The van der Waals surface area contributed by atoms with Crippen LogP contribution in [0, 0.1) is 6.92 Å². The number of fused-ring (bicyclic) bond motifs is 1. The first kappa shape index (κ1) is 14.1. The quantitative estimate of drug-likeness (QED) is 0.478. The molecule has 0 aliphatic heterocycles. The number of halogens is 1. The first-order valence-electron chi connectivity index (χ1n) is 5.82. The fourth-order valence-electron chi connectivity index (χ4n) is 2.02. The Labute approximate surface area is 123 Å². The molecule has 2 N–H and O–H groups in total. The van der Waals surface area contributed by atoms with Crippen molar-refractivity contribution in [1.29, 1.82) is 0 Å². The van der Waals surface area contributed by atoms with E-state index >= 15 is 0 Å². The third kappa shape index (κ3) is 3.17. The molecule has 0 bridgehead atoms. The van der Waals surface area contributed by atoms with Gasteiger partial charge in [-0.05, 0) is 31.2 Å². The van der Waals surface area contributed by atoms with Crippen molar-refractivity contribution in [2.75, 3.05) is 13.2 Å². The predicted molar refractivity (Wildman–Crippen MR) is 84.8 cm³/mol. The molecule has 0 fully saturated rings. The van der Waals surface area contributed by atoms with Crippen LogP contribution in [0.1, 0.15) is 11.4 Å². The van der Waals surface area contributed by atoms with Crippen LogP contribution in [0.15, 0.2) is 18.2 Å². The molecule has 0 saturated heterocycles. The summed E-state index contributed by atoms with van der Waals surface area (Å²) in [5.41, 5.74) is 9.07. The maximum atomic E-state index is 5.65. The number of benzene rings is 1. The first-order valence-corrected chi connectivity index (χ1v) is 9.10. The molecular weight excluding hydrogens is 361 g/mol. The standard InChI is InChI=1S/C12H16IN3OS/c1-9-2-3-11-10(8-9)15-12(4-5-14)16(11)6-7-17-18-13/h2-3,8H,4-7,14H2,1H3. The normalized spacial score (nSPS) is 11.3. The van der Waals surface area contributed by atoms with Crippen molar-refractivity contribution in [2.45, 2.75) is 19.9 Å².